The quantitative estimate of drug-likeness (QED) is 0.185. The van der Waals surface area contributed by atoms with Crippen molar-refractivity contribution in [2.24, 2.45) is 0 Å². The van der Waals surface area contributed by atoms with Crippen LogP contribution in [0.4, 0.5) is 0 Å². The summed E-state index contributed by atoms with van der Waals surface area (Å²) in [7, 11) is -10.1. The Morgan fingerprint density at radius 1 is 0.718 bits per heavy atom. The number of hydrogen-bond acceptors (Lipinski definition) is 12. The Bertz CT molecular complexity index is 1140. The van der Waals surface area contributed by atoms with Crippen LogP contribution in [0.1, 0.15) is 76.6 Å². The molecule has 2 aliphatic heterocycles. The van der Waals surface area contributed by atoms with Crippen LogP contribution >= 0.6 is 0 Å². The summed E-state index contributed by atoms with van der Waals surface area (Å²) in [6.45, 7) is 6.80. The smallest absolute Gasteiger partial charge is 0.726 e. The van der Waals surface area contributed by atoms with Gasteiger partial charge in [-0.15, -0.1) is 0 Å². The molecule has 5 rings (SSSR count). The van der Waals surface area contributed by atoms with Crippen molar-refractivity contribution in [1.82, 2.24) is 4.98 Å². The van der Waals surface area contributed by atoms with Crippen LogP contribution in [0.3, 0.4) is 0 Å². The molecule has 3 heterocycles. The van der Waals surface area contributed by atoms with E-state index in [2.05, 4.69) is 4.98 Å². The predicted octanol–water partition coefficient (Wildman–Crippen LogP) is -4.49. The van der Waals surface area contributed by atoms with Gasteiger partial charge >= 0.3 is 59.1 Å². The van der Waals surface area contributed by atoms with E-state index in [9.17, 15) is 25.9 Å². The third-order valence-corrected chi connectivity index (χ3v) is 8.31. The van der Waals surface area contributed by atoms with Crippen LogP contribution in [0.25, 0.3) is 0 Å². The van der Waals surface area contributed by atoms with Crippen molar-refractivity contribution in [3.8, 4) is 0 Å². The van der Waals surface area contributed by atoms with Crippen LogP contribution < -0.4 is 59.1 Å². The van der Waals surface area contributed by atoms with Crippen LogP contribution in [0, 0.1) is 0 Å². The van der Waals surface area contributed by atoms with Crippen LogP contribution in [0.5, 0.6) is 0 Å². The maximum Gasteiger partial charge on any atom is 1.00 e. The number of fused-ring (bicyclic) bond motifs is 2. The van der Waals surface area contributed by atoms with Gasteiger partial charge in [0.1, 0.15) is 24.4 Å². The van der Waals surface area contributed by atoms with Gasteiger partial charge in [0.25, 0.3) is 0 Å². The number of rotatable bonds is 6. The second kappa shape index (κ2) is 12.1. The summed E-state index contributed by atoms with van der Waals surface area (Å²) in [5.74, 6) is -3.05. The fraction of sp³-hybridized carbons (Fsp3) is 0.818. The molecule has 0 radical (unpaired) electrons. The zero-order chi connectivity index (χ0) is 27.0. The maximum absolute atomic E-state index is 11.6. The Kier molecular flexibility index (Phi) is 10.7. The Morgan fingerprint density at radius 3 is 1.41 bits per heavy atom. The summed E-state index contributed by atoms with van der Waals surface area (Å²) in [5.41, 5.74) is 1.15. The molecule has 0 spiro atoms. The summed E-state index contributed by atoms with van der Waals surface area (Å²) < 4.78 is 103. The van der Waals surface area contributed by atoms with Crippen LogP contribution in [-0.2, 0) is 48.1 Å². The molecule has 0 amide bonds. The summed E-state index contributed by atoms with van der Waals surface area (Å²) in [6, 6.07) is 3.44. The monoisotopic (exact) mass is 611 g/mol. The second-order valence-electron chi connectivity index (χ2n) is 11.0. The molecule has 1 aromatic rings. The van der Waals surface area contributed by atoms with Crippen molar-refractivity contribution in [3.63, 3.8) is 0 Å². The van der Waals surface area contributed by atoms with E-state index < -0.39 is 80.8 Å². The van der Waals surface area contributed by atoms with Gasteiger partial charge in [-0.3, -0.25) is 8.37 Å². The molecule has 0 unspecified atom stereocenters. The molecule has 17 heteroatoms. The molecule has 1 N–H and O–H groups in total. The van der Waals surface area contributed by atoms with E-state index in [4.69, 9.17) is 27.3 Å². The van der Waals surface area contributed by atoms with Crippen LogP contribution in [0.15, 0.2) is 12.1 Å². The minimum absolute atomic E-state index is 0. The first-order valence-electron chi connectivity index (χ1n) is 12.2. The molecule has 13 nitrogen and oxygen atoms in total. The van der Waals surface area contributed by atoms with E-state index in [-0.39, 0.29) is 59.1 Å². The first-order chi connectivity index (χ1) is 17.0. The van der Waals surface area contributed by atoms with Gasteiger partial charge in [0.15, 0.2) is 11.6 Å². The van der Waals surface area contributed by atoms with Gasteiger partial charge in [0.05, 0.1) is 12.2 Å². The minimum Gasteiger partial charge on any atom is -0.726 e. The van der Waals surface area contributed by atoms with Crippen LogP contribution in [0.2, 0.25) is 0 Å². The molecular weight excluding hydrogens is 580 g/mol. The Balaban J connectivity index is 0.00000210. The Hall–Kier alpha value is 0.860. The molecular formula is C22H31NNa2O12S2. The first-order valence-corrected chi connectivity index (χ1v) is 14.9. The minimum atomic E-state index is -5.06. The molecule has 4 fully saturated rings. The van der Waals surface area contributed by atoms with Crippen molar-refractivity contribution in [1.29, 1.82) is 0 Å². The number of nitrogens with one attached hydrogen (secondary N) is 1. The summed E-state index contributed by atoms with van der Waals surface area (Å²) >= 11 is 0. The van der Waals surface area contributed by atoms with E-state index >= 15 is 0 Å². The number of aromatic amines is 1. The summed E-state index contributed by atoms with van der Waals surface area (Å²) in [4.78, 5) is 3.24. The Labute approximate surface area is 272 Å². The van der Waals surface area contributed by atoms with Crippen LogP contribution in [-0.4, -0.2) is 79.1 Å². The van der Waals surface area contributed by atoms with Gasteiger partial charge in [-0.2, -0.15) is 0 Å². The van der Waals surface area contributed by atoms with Gasteiger partial charge in [-0.1, -0.05) is 0 Å². The SMILES string of the molecule is CC1(C)O[C@H]2[C@H](OS(=O)(=O)[O-])[C@@H](c3ccc([C@H]4CC[C@H]5OC(C)(C)O[C@H]5[C@@H]4OS(=O)(=O)[O-])[nH]3)CC[C@H]2O1.[Na+].[Na+]. The molecule has 210 valence electrons. The molecule has 0 aromatic carbocycles. The average Bonchev–Trinajstić information content (AvgIpc) is 3.40. The topological polar surface area (TPSA) is 186 Å². The maximum atomic E-state index is 11.6. The molecule has 0 bridgehead atoms. The third kappa shape index (κ3) is 7.88. The summed E-state index contributed by atoms with van der Waals surface area (Å²) in [6.07, 6.45) is -2.75. The largest absolute Gasteiger partial charge is 1.00 e. The molecule has 2 saturated carbocycles. The van der Waals surface area contributed by atoms with Gasteiger partial charge in [0, 0.05) is 23.2 Å². The summed E-state index contributed by atoms with van der Waals surface area (Å²) in [5, 5.41) is 0. The van der Waals surface area contributed by atoms with Crippen molar-refractivity contribution < 1.29 is 112 Å². The van der Waals surface area contributed by atoms with Gasteiger partial charge in [-0.25, -0.2) is 16.8 Å². The molecule has 1 aromatic heterocycles. The van der Waals surface area contributed by atoms with Crippen molar-refractivity contribution in [2.75, 3.05) is 0 Å². The molecule has 2 aliphatic carbocycles. The fourth-order valence-corrected chi connectivity index (χ4v) is 7.28. The zero-order valence-corrected chi connectivity index (χ0v) is 28.5. The molecule has 39 heavy (non-hydrogen) atoms. The third-order valence-electron chi connectivity index (χ3n) is 7.40. The van der Waals surface area contributed by atoms with Crippen molar-refractivity contribution >= 4 is 20.8 Å². The van der Waals surface area contributed by atoms with E-state index in [0.29, 0.717) is 37.1 Å². The van der Waals surface area contributed by atoms with E-state index in [0.717, 1.165) is 0 Å². The predicted molar refractivity (Wildman–Crippen MR) is 122 cm³/mol. The van der Waals surface area contributed by atoms with Gasteiger partial charge in [-0.05, 0) is 65.5 Å². The van der Waals surface area contributed by atoms with Crippen molar-refractivity contribution in [2.45, 2.75) is 113 Å². The average molecular weight is 612 g/mol. The van der Waals surface area contributed by atoms with E-state index in [1.807, 2.05) is 0 Å². The number of hydrogen-bond donors (Lipinski definition) is 1. The van der Waals surface area contributed by atoms with Gasteiger partial charge in [0.2, 0.25) is 20.8 Å². The van der Waals surface area contributed by atoms with Gasteiger partial charge < -0.3 is 33.0 Å². The zero-order valence-electron chi connectivity index (χ0n) is 22.8. The number of aromatic nitrogens is 1. The van der Waals surface area contributed by atoms with E-state index in [1.54, 1.807) is 39.8 Å². The van der Waals surface area contributed by atoms with Crippen molar-refractivity contribution in [3.05, 3.63) is 23.5 Å². The van der Waals surface area contributed by atoms with E-state index in [1.165, 1.54) is 0 Å². The normalized spacial score (nSPS) is 37.3. The fourth-order valence-electron chi connectivity index (χ4n) is 6.25. The number of ether oxygens (including phenoxy) is 4. The Morgan fingerprint density at radius 2 is 1.08 bits per heavy atom. The first kappa shape index (κ1) is 34.4. The molecule has 8 atom stereocenters. The molecule has 2 saturated heterocycles. The standard InChI is InChI=1S/C22H33NO12S2.2Na/c1-21(2)30-15-9-5-11(17(19(15)32-21)34-36(24,25)26)13-7-8-14(23-13)12-6-10-16-20(33-22(3,4)31-16)18(12)35-37(27,28)29;;/h7-8,11-12,15-20,23H,5-6,9-10H2,1-4H3,(H,24,25,26)(H,27,28,29);;/q;2*+1/p-2/t11-,12-,15-,16-,17-,18-,19-,20-;;/m1../s1. The number of H-pyrrole nitrogens is 1. The second-order valence-corrected chi connectivity index (χ2v) is 13.0. The molecule has 4 aliphatic rings.